The first kappa shape index (κ1) is 10.5. The molecule has 0 fully saturated rings. The summed E-state index contributed by atoms with van der Waals surface area (Å²) in [6.07, 6.45) is 0. The lowest BCUT2D eigenvalue weighted by Gasteiger charge is -2.09. The van der Waals surface area contributed by atoms with Crippen LogP contribution >= 0.6 is 0 Å². The molecule has 0 aliphatic carbocycles. The van der Waals surface area contributed by atoms with Gasteiger partial charge in [-0.1, -0.05) is 24.3 Å². The second-order valence-electron chi connectivity index (χ2n) is 3.25. The van der Waals surface area contributed by atoms with Crippen molar-refractivity contribution in [2.75, 3.05) is 7.11 Å². The number of carbonyl (C=O) groups is 1. The highest BCUT2D eigenvalue weighted by molar-refractivity contribution is 5.92. The van der Waals surface area contributed by atoms with Crippen LogP contribution in [0.15, 0.2) is 24.8 Å². The van der Waals surface area contributed by atoms with Gasteiger partial charge in [0, 0.05) is 0 Å². The van der Waals surface area contributed by atoms with Gasteiger partial charge in [0.2, 0.25) is 0 Å². The van der Waals surface area contributed by atoms with Gasteiger partial charge in [-0.3, -0.25) is 0 Å². The number of esters is 1. The molecule has 0 amide bonds. The molecule has 1 rings (SSSR count). The van der Waals surface area contributed by atoms with Crippen LogP contribution in [0.25, 0.3) is 5.57 Å². The van der Waals surface area contributed by atoms with Crippen LogP contribution < -0.4 is 0 Å². The van der Waals surface area contributed by atoms with Gasteiger partial charge in [-0.15, -0.1) is 0 Å². The second-order valence-corrected chi connectivity index (χ2v) is 3.25. The van der Waals surface area contributed by atoms with Crippen LogP contribution in [0, 0.1) is 6.92 Å². The summed E-state index contributed by atoms with van der Waals surface area (Å²) in [6.45, 7) is 7.68. The molecule has 1 aromatic carbocycles. The Morgan fingerprint density at radius 2 is 1.93 bits per heavy atom. The minimum absolute atomic E-state index is 0.300. The zero-order valence-corrected chi connectivity index (χ0v) is 8.76. The minimum atomic E-state index is -0.300. The van der Waals surface area contributed by atoms with Gasteiger partial charge < -0.3 is 4.74 Å². The highest BCUT2D eigenvalue weighted by atomic mass is 16.5. The Kier molecular flexibility index (Phi) is 3.07. The molecule has 0 aliphatic rings. The van der Waals surface area contributed by atoms with Crippen molar-refractivity contribution in [2.24, 2.45) is 0 Å². The number of hydrogen-bond acceptors (Lipinski definition) is 2. The molecule has 2 heteroatoms. The van der Waals surface area contributed by atoms with Crippen molar-refractivity contribution in [3.8, 4) is 0 Å². The van der Waals surface area contributed by atoms with Gasteiger partial charge in [0.15, 0.2) is 0 Å². The van der Waals surface area contributed by atoms with Crippen molar-refractivity contribution in [3.63, 3.8) is 0 Å². The smallest absolute Gasteiger partial charge is 0.338 e. The third kappa shape index (κ3) is 1.84. The number of carbonyl (C=O) groups excluding carboxylic acids is 1. The van der Waals surface area contributed by atoms with E-state index < -0.39 is 0 Å². The molecule has 0 N–H and O–H groups in total. The summed E-state index contributed by atoms with van der Waals surface area (Å²) in [5.74, 6) is -0.300. The standard InChI is InChI=1S/C12H14O2/c1-8(2)10-6-5-7-11(9(10)3)12(13)14-4/h5-7H,1H2,2-4H3. The predicted molar refractivity (Wildman–Crippen MR) is 57.2 cm³/mol. The Balaban J connectivity index is 3.27. The van der Waals surface area contributed by atoms with Gasteiger partial charge in [0.05, 0.1) is 12.7 Å². The van der Waals surface area contributed by atoms with Crippen molar-refractivity contribution < 1.29 is 9.53 Å². The topological polar surface area (TPSA) is 26.3 Å². The van der Waals surface area contributed by atoms with E-state index in [0.29, 0.717) is 5.56 Å². The minimum Gasteiger partial charge on any atom is -0.465 e. The van der Waals surface area contributed by atoms with Gasteiger partial charge >= 0.3 is 5.97 Å². The molecule has 74 valence electrons. The van der Waals surface area contributed by atoms with E-state index >= 15 is 0 Å². The highest BCUT2D eigenvalue weighted by Crippen LogP contribution is 2.20. The van der Waals surface area contributed by atoms with Crippen LogP contribution in [0.4, 0.5) is 0 Å². The molecule has 0 radical (unpaired) electrons. The zero-order chi connectivity index (χ0) is 10.7. The third-order valence-corrected chi connectivity index (χ3v) is 2.20. The molecule has 0 saturated heterocycles. The summed E-state index contributed by atoms with van der Waals surface area (Å²) in [7, 11) is 1.38. The third-order valence-electron chi connectivity index (χ3n) is 2.20. The van der Waals surface area contributed by atoms with Crippen molar-refractivity contribution in [1.82, 2.24) is 0 Å². The molecule has 0 aromatic heterocycles. The summed E-state index contributed by atoms with van der Waals surface area (Å²) >= 11 is 0. The molecule has 2 nitrogen and oxygen atoms in total. The fraction of sp³-hybridized carbons (Fsp3) is 0.250. The van der Waals surface area contributed by atoms with Crippen LogP contribution in [-0.2, 0) is 4.74 Å². The maximum absolute atomic E-state index is 11.4. The SMILES string of the molecule is C=C(C)c1cccc(C(=O)OC)c1C. The van der Waals surface area contributed by atoms with Crippen LogP contribution in [0.5, 0.6) is 0 Å². The van der Waals surface area contributed by atoms with E-state index in [1.54, 1.807) is 6.07 Å². The second kappa shape index (κ2) is 4.09. The van der Waals surface area contributed by atoms with Gasteiger partial charge in [-0.05, 0) is 31.0 Å². The fourth-order valence-electron chi connectivity index (χ4n) is 1.43. The maximum atomic E-state index is 11.4. The van der Waals surface area contributed by atoms with Gasteiger partial charge in [0.25, 0.3) is 0 Å². The van der Waals surface area contributed by atoms with Crippen LogP contribution in [0.2, 0.25) is 0 Å². The monoisotopic (exact) mass is 190 g/mol. The van der Waals surface area contributed by atoms with E-state index in [1.807, 2.05) is 26.0 Å². The molecule has 0 spiro atoms. The zero-order valence-electron chi connectivity index (χ0n) is 8.76. The van der Waals surface area contributed by atoms with E-state index in [2.05, 4.69) is 11.3 Å². The summed E-state index contributed by atoms with van der Waals surface area (Å²) in [4.78, 5) is 11.4. The van der Waals surface area contributed by atoms with Crippen LogP contribution in [0.3, 0.4) is 0 Å². The van der Waals surface area contributed by atoms with E-state index in [9.17, 15) is 4.79 Å². The quantitative estimate of drug-likeness (QED) is 0.670. The molecule has 0 aliphatic heterocycles. The highest BCUT2D eigenvalue weighted by Gasteiger charge is 2.11. The van der Waals surface area contributed by atoms with E-state index in [0.717, 1.165) is 16.7 Å². The first-order valence-corrected chi connectivity index (χ1v) is 4.41. The van der Waals surface area contributed by atoms with Crippen LogP contribution in [0.1, 0.15) is 28.4 Å². The van der Waals surface area contributed by atoms with Crippen molar-refractivity contribution in [2.45, 2.75) is 13.8 Å². The fourth-order valence-corrected chi connectivity index (χ4v) is 1.43. The Bertz CT molecular complexity index is 378. The summed E-state index contributed by atoms with van der Waals surface area (Å²) in [5, 5.41) is 0. The van der Waals surface area contributed by atoms with Crippen molar-refractivity contribution in [1.29, 1.82) is 0 Å². The average Bonchev–Trinajstić information content (AvgIpc) is 2.16. The molecule has 0 heterocycles. The average molecular weight is 190 g/mol. The lowest BCUT2D eigenvalue weighted by molar-refractivity contribution is 0.0600. The van der Waals surface area contributed by atoms with Gasteiger partial charge in [-0.2, -0.15) is 0 Å². The van der Waals surface area contributed by atoms with Crippen molar-refractivity contribution in [3.05, 3.63) is 41.5 Å². The van der Waals surface area contributed by atoms with E-state index in [-0.39, 0.29) is 5.97 Å². The first-order valence-electron chi connectivity index (χ1n) is 4.41. The number of hydrogen-bond donors (Lipinski definition) is 0. The Morgan fingerprint density at radius 1 is 1.36 bits per heavy atom. The molecular weight excluding hydrogens is 176 g/mol. The molecular formula is C12H14O2. The summed E-state index contributed by atoms with van der Waals surface area (Å²) in [5.41, 5.74) is 3.49. The molecule has 0 unspecified atom stereocenters. The molecule has 0 atom stereocenters. The van der Waals surface area contributed by atoms with Gasteiger partial charge in [-0.25, -0.2) is 4.79 Å². The van der Waals surface area contributed by atoms with Crippen LogP contribution in [-0.4, -0.2) is 13.1 Å². The Morgan fingerprint density at radius 3 is 2.43 bits per heavy atom. The molecule has 0 saturated carbocycles. The largest absolute Gasteiger partial charge is 0.465 e. The normalized spacial score (nSPS) is 9.64. The molecule has 1 aromatic rings. The maximum Gasteiger partial charge on any atom is 0.338 e. The Hall–Kier alpha value is -1.57. The molecule has 14 heavy (non-hydrogen) atoms. The van der Waals surface area contributed by atoms with Gasteiger partial charge in [0.1, 0.15) is 0 Å². The lowest BCUT2D eigenvalue weighted by Crippen LogP contribution is -2.05. The van der Waals surface area contributed by atoms with E-state index in [1.165, 1.54) is 7.11 Å². The van der Waals surface area contributed by atoms with Crippen molar-refractivity contribution >= 4 is 11.5 Å². The number of rotatable bonds is 2. The summed E-state index contributed by atoms with van der Waals surface area (Å²) in [6, 6.07) is 5.54. The lowest BCUT2D eigenvalue weighted by atomic mass is 9.98. The Labute approximate surface area is 84.2 Å². The number of allylic oxidation sites excluding steroid dienone is 1. The first-order chi connectivity index (χ1) is 6.57. The number of methoxy groups -OCH3 is 1. The van der Waals surface area contributed by atoms with E-state index in [4.69, 9.17) is 0 Å². The molecule has 0 bridgehead atoms. The predicted octanol–water partition coefficient (Wildman–Crippen LogP) is 2.81. The number of ether oxygens (including phenoxy) is 1. The summed E-state index contributed by atoms with van der Waals surface area (Å²) < 4.78 is 4.68. The number of benzene rings is 1.